The predicted octanol–water partition coefficient (Wildman–Crippen LogP) is 0.137. The second kappa shape index (κ2) is 17.6. The quantitative estimate of drug-likeness (QED) is 0.367. The molecular weight excluding hydrogens is 307 g/mol. The predicted molar refractivity (Wildman–Crippen MR) is 85.4 cm³/mol. The minimum absolute atomic E-state index is 0.0272. The van der Waals surface area contributed by atoms with E-state index in [9.17, 15) is 9.18 Å². The molecule has 0 aromatic carbocycles. The molecular formula is C15H31FN2O5. The van der Waals surface area contributed by atoms with Crippen LogP contribution in [0.1, 0.15) is 13.8 Å². The molecule has 0 radical (unpaired) electrons. The van der Waals surface area contributed by atoms with Crippen LogP contribution in [0.25, 0.3) is 0 Å². The first-order valence-electron chi connectivity index (χ1n) is 8.07. The Kier molecular flexibility index (Phi) is 16.9. The normalized spacial score (nSPS) is 12.3. The number of alkyl halides is 1. The van der Waals surface area contributed by atoms with Gasteiger partial charge in [0.25, 0.3) is 0 Å². The van der Waals surface area contributed by atoms with Crippen molar-refractivity contribution in [1.82, 2.24) is 10.6 Å². The van der Waals surface area contributed by atoms with Crippen LogP contribution in [0.15, 0.2) is 0 Å². The summed E-state index contributed by atoms with van der Waals surface area (Å²) in [7, 11) is 0. The zero-order valence-electron chi connectivity index (χ0n) is 14.3. The van der Waals surface area contributed by atoms with Crippen LogP contribution in [0.2, 0.25) is 0 Å². The highest BCUT2D eigenvalue weighted by Gasteiger charge is 2.06. The lowest BCUT2D eigenvalue weighted by Crippen LogP contribution is -2.30. The van der Waals surface area contributed by atoms with E-state index in [0.717, 1.165) is 13.1 Å². The highest BCUT2D eigenvalue weighted by atomic mass is 19.1. The summed E-state index contributed by atoms with van der Waals surface area (Å²) in [5.41, 5.74) is 0. The molecule has 0 aliphatic carbocycles. The lowest BCUT2D eigenvalue weighted by Gasteiger charge is -2.10. The molecule has 0 aromatic heterocycles. The van der Waals surface area contributed by atoms with E-state index in [2.05, 4.69) is 17.6 Å². The van der Waals surface area contributed by atoms with E-state index in [1.54, 1.807) is 0 Å². The van der Waals surface area contributed by atoms with Crippen molar-refractivity contribution in [2.45, 2.75) is 20.0 Å². The number of hydrogen-bond acceptors (Lipinski definition) is 6. The number of halogens is 1. The van der Waals surface area contributed by atoms with Crippen molar-refractivity contribution >= 4 is 5.91 Å². The second-order valence-electron chi connectivity index (χ2n) is 4.80. The standard InChI is InChI=1S/C15H31FN2O5/c1-3-17-4-5-20-6-7-21-8-9-22-10-11-23-13-15(16)12-18-14(2)19/h15,17H,3-13H2,1-2H3,(H,18,19). The minimum atomic E-state index is -1.20. The molecule has 2 N–H and O–H groups in total. The maximum absolute atomic E-state index is 13.2. The fraction of sp³-hybridized carbons (Fsp3) is 0.933. The smallest absolute Gasteiger partial charge is 0.216 e. The van der Waals surface area contributed by atoms with Crippen LogP contribution in [0.5, 0.6) is 0 Å². The van der Waals surface area contributed by atoms with Gasteiger partial charge in [0.15, 0.2) is 0 Å². The number of carbonyl (C=O) groups excluding carboxylic acids is 1. The summed E-state index contributed by atoms with van der Waals surface area (Å²) in [6.45, 7) is 8.56. The number of ether oxygens (including phenoxy) is 4. The van der Waals surface area contributed by atoms with Gasteiger partial charge in [0.05, 0.1) is 59.4 Å². The van der Waals surface area contributed by atoms with Crippen molar-refractivity contribution in [1.29, 1.82) is 0 Å². The largest absolute Gasteiger partial charge is 0.378 e. The van der Waals surface area contributed by atoms with Gasteiger partial charge < -0.3 is 29.6 Å². The van der Waals surface area contributed by atoms with E-state index in [0.29, 0.717) is 46.2 Å². The van der Waals surface area contributed by atoms with Crippen LogP contribution in [0.4, 0.5) is 4.39 Å². The SMILES string of the molecule is CCNCCOCCOCCOCCOCC(F)CNC(C)=O. The van der Waals surface area contributed by atoms with Gasteiger partial charge in [0.1, 0.15) is 6.17 Å². The van der Waals surface area contributed by atoms with E-state index >= 15 is 0 Å². The molecule has 0 heterocycles. The molecule has 0 bridgehead atoms. The lowest BCUT2D eigenvalue weighted by atomic mass is 10.4. The fourth-order valence-corrected chi connectivity index (χ4v) is 1.51. The Bertz CT molecular complexity index is 272. The van der Waals surface area contributed by atoms with Gasteiger partial charge in [-0.25, -0.2) is 4.39 Å². The third-order valence-electron chi connectivity index (χ3n) is 2.66. The van der Waals surface area contributed by atoms with E-state index in [4.69, 9.17) is 18.9 Å². The molecule has 1 atom stereocenters. The first-order valence-corrected chi connectivity index (χ1v) is 8.07. The Labute approximate surface area is 138 Å². The topological polar surface area (TPSA) is 78.1 Å². The highest BCUT2D eigenvalue weighted by Crippen LogP contribution is 1.91. The van der Waals surface area contributed by atoms with Crippen LogP contribution < -0.4 is 10.6 Å². The summed E-state index contributed by atoms with van der Waals surface area (Å²) < 4.78 is 34.2. The van der Waals surface area contributed by atoms with Crippen LogP contribution in [-0.2, 0) is 23.7 Å². The van der Waals surface area contributed by atoms with Crippen LogP contribution in [0.3, 0.4) is 0 Å². The van der Waals surface area contributed by atoms with Crippen LogP contribution in [-0.4, -0.2) is 84.6 Å². The van der Waals surface area contributed by atoms with Gasteiger partial charge in [-0.2, -0.15) is 0 Å². The van der Waals surface area contributed by atoms with Crippen LogP contribution >= 0.6 is 0 Å². The summed E-state index contributed by atoms with van der Waals surface area (Å²) >= 11 is 0. The van der Waals surface area contributed by atoms with Gasteiger partial charge in [0, 0.05) is 13.5 Å². The molecule has 0 saturated carbocycles. The maximum atomic E-state index is 13.2. The number of rotatable bonds is 17. The average Bonchev–Trinajstić information content (AvgIpc) is 2.53. The molecule has 8 heteroatoms. The van der Waals surface area contributed by atoms with Crippen LogP contribution in [0, 0.1) is 0 Å². The zero-order chi connectivity index (χ0) is 17.2. The molecule has 0 rings (SSSR count). The van der Waals surface area contributed by atoms with Crippen molar-refractivity contribution in [2.24, 2.45) is 0 Å². The Morgan fingerprint density at radius 1 is 0.957 bits per heavy atom. The molecule has 0 aromatic rings. The highest BCUT2D eigenvalue weighted by molar-refractivity contribution is 5.72. The Balaban J connectivity index is 3.09. The second-order valence-corrected chi connectivity index (χ2v) is 4.80. The van der Waals surface area contributed by atoms with Crippen molar-refractivity contribution < 1.29 is 28.1 Å². The number of carbonyl (C=O) groups is 1. The zero-order valence-corrected chi connectivity index (χ0v) is 14.3. The summed E-state index contributed by atoms with van der Waals surface area (Å²) in [4.78, 5) is 10.6. The monoisotopic (exact) mass is 338 g/mol. The number of amides is 1. The van der Waals surface area contributed by atoms with Crippen molar-refractivity contribution in [3.05, 3.63) is 0 Å². The summed E-state index contributed by atoms with van der Waals surface area (Å²) in [5.74, 6) is -0.251. The maximum Gasteiger partial charge on any atom is 0.216 e. The van der Waals surface area contributed by atoms with Crippen molar-refractivity contribution in [3.63, 3.8) is 0 Å². The van der Waals surface area contributed by atoms with E-state index < -0.39 is 6.17 Å². The van der Waals surface area contributed by atoms with E-state index in [1.807, 2.05) is 0 Å². The first-order chi connectivity index (χ1) is 11.2. The Morgan fingerprint density at radius 2 is 1.48 bits per heavy atom. The molecule has 0 fully saturated rings. The van der Waals surface area contributed by atoms with E-state index in [1.165, 1.54) is 6.92 Å². The van der Waals surface area contributed by atoms with Crippen molar-refractivity contribution in [2.75, 3.05) is 72.5 Å². The van der Waals surface area contributed by atoms with Gasteiger partial charge in [-0.15, -0.1) is 0 Å². The number of nitrogens with one attached hydrogen (secondary N) is 2. The Morgan fingerprint density at radius 3 is 2.00 bits per heavy atom. The molecule has 1 amide bonds. The molecule has 0 aliphatic heterocycles. The van der Waals surface area contributed by atoms with Gasteiger partial charge in [-0.3, -0.25) is 4.79 Å². The Hall–Kier alpha value is -0.800. The van der Waals surface area contributed by atoms with Crippen molar-refractivity contribution in [3.8, 4) is 0 Å². The summed E-state index contributed by atoms with van der Waals surface area (Å²) in [6.07, 6.45) is -1.20. The molecule has 0 spiro atoms. The molecule has 7 nitrogen and oxygen atoms in total. The third kappa shape index (κ3) is 19.2. The molecule has 138 valence electrons. The van der Waals surface area contributed by atoms with E-state index in [-0.39, 0.29) is 19.1 Å². The molecule has 0 saturated heterocycles. The number of hydrogen-bond donors (Lipinski definition) is 2. The fourth-order valence-electron chi connectivity index (χ4n) is 1.51. The van der Waals surface area contributed by atoms with Gasteiger partial charge in [-0.1, -0.05) is 6.92 Å². The summed E-state index contributed by atoms with van der Waals surface area (Å²) in [6, 6.07) is 0. The first kappa shape index (κ1) is 22.2. The summed E-state index contributed by atoms with van der Waals surface area (Å²) in [5, 5.41) is 5.55. The average molecular weight is 338 g/mol. The molecule has 0 aliphatic rings. The minimum Gasteiger partial charge on any atom is -0.378 e. The van der Waals surface area contributed by atoms with Gasteiger partial charge in [-0.05, 0) is 6.54 Å². The van der Waals surface area contributed by atoms with Gasteiger partial charge >= 0.3 is 0 Å². The lowest BCUT2D eigenvalue weighted by molar-refractivity contribution is -0.119. The van der Waals surface area contributed by atoms with Gasteiger partial charge in [0.2, 0.25) is 5.91 Å². The number of likely N-dealkylation sites (N-methyl/N-ethyl adjacent to an activating group) is 1. The molecule has 23 heavy (non-hydrogen) atoms. The third-order valence-corrected chi connectivity index (χ3v) is 2.66. The molecule has 1 unspecified atom stereocenters.